The van der Waals surface area contributed by atoms with Crippen LogP contribution in [0.1, 0.15) is 23.6 Å². The zero-order valence-electron chi connectivity index (χ0n) is 10.9. The van der Waals surface area contributed by atoms with Gasteiger partial charge in [0.2, 0.25) is 5.91 Å². The highest BCUT2D eigenvalue weighted by Gasteiger charge is 2.31. The molecule has 0 spiro atoms. The van der Waals surface area contributed by atoms with Crippen LogP contribution in [0.3, 0.4) is 0 Å². The summed E-state index contributed by atoms with van der Waals surface area (Å²) >= 11 is 0. The molecule has 0 aliphatic carbocycles. The van der Waals surface area contributed by atoms with Gasteiger partial charge in [0.1, 0.15) is 5.82 Å². The number of halogens is 1. The van der Waals surface area contributed by atoms with E-state index in [1.54, 1.807) is 6.07 Å². The number of carbonyl (C=O) groups excluding carboxylic acids is 1. The fraction of sp³-hybridized carbons (Fsp3) is 0.500. The Kier molecular flexibility index (Phi) is 3.03. The molecule has 1 amide bonds. The predicted molar refractivity (Wildman–Crippen MR) is 71.3 cm³/mol. The van der Waals surface area contributed by atoms with Crippen LogP contribution in [0.2, 0.25) is 0 Å². The third-order valence-electron chi connectivity index (χ3n) is 4.16. The van der Waals surface area contributed by atoms with Gasteiger partial charge in [-0.25, -0.2) is 4.39 Å². The van der Waals surface area contributed by atoms with Crippen LogP contribution in [-0.4, -0.2) is 30.9 Å². The standard InChI is InChI=1S/C14H18FN3O/c1-18-7-8(6-16)2-12(18)9-3-10-5-13(19)17-14(10)11(15)4-9/h3-4,8,12H,2,5-7,16H2,1H3,(H,17,19). The lowest BCUT2D eigenvalue weighted by Crippen LogP contribution is -2.20. The number of rotatable bonds is 2. The topological polar surface area (TPSA) is 58.4 Å². The van der Waals surface area contributed by atoms with Crippen molar-refractivity contribution < 1.29 is 9.18 Å². The summed E-state index contributed by atoms with van der Waals surface area (Å²) in [5.74, 6) is -0.000294. The van der Waals surface area contributed by atoms with Gasteiger partial charge in [-0.1, -0.05) is 6.07 Å². The average Bonchev–Trinajstić information content (AvgIpc) is 2.91. The Morgan fingerprint density at radius 2 is 2.32 bits per heavy atom. The second kappa shape index (κ2) is 4.58. The van der Waals surface area contributed by atoms with Gasteiger partial charge >= 0.3 is 0 Å². The molecule has 19 heavy (non-hydrogen) atoms. The molecular formula is C14H18FN3O. The van der Waals surface area contributed by atoms with Crippen molar-refractivity contribution in [1.29, 1.82) is 0 Å². The maximum Gasteiger partial charge on any atom is 0.228 e. The van der Waals surface area contributed by atoms with Crippen LogP contribution < -0.4 is 11.1 Å². The summed E-state index contributed by atoms with van der Waals surface area (Å²) in [5, 5.41) is 2.57. The molecule has 0 saturated carbocycles. The lowest BCUT2D eigenvalue weighted by molar-refractivity contribution is -0.115. The highest BCUT2D eigenvalue weighted by Crippen LogP contribution is 2.37. The van der Waals surface area contributed by atoms with E-state index in [1.807, 2.05) is 13.1 Å². The average molecular weight is 263 g/mol. The second-order valence-electron chi connectivity index (χ2n) is 5.55. The summed E-state index contributed by atoms with van der Waals surface area (Å²) in [6, 6.07) is 3.70. The normalized spacial score (nSPS) is 26.6. The Labute approximate surface area is 111 Å². The highest BCUT2D eigenvalue weighted by atomic mass is 19.1. The Bertz CT molecular complexity index is 532. The first kappa shape index (κ1) is 12.6. The van der Waals surface area contributed by atoms with E-state index in [2.05, 4.69) is 10.2 Å². The number of hydrogen-bond donors (Lipinski definition) is 2. The van der Waals surface area contributed by atoms with Gasteiger partial charge in [0.05, 0.1) is 12.1 Å². The van der Waals surface area contributed by atoms with Gasteiger partial charge in [-0.05, 0) is 43.1 Å². The first-order chi connectivity index (χ1) is 9.08. The van der Waals surface area contributed by atoms with Crippen molar-refractivity contribution in [3.8, 4) is 0 Å². The van der Waals surface area contributed by atoms with Crippen molar-refractivity contribution in [2.45, 2.75) is 18.9 Å². The Balaban J connectivity index is 1.93. The second-order valence-corrected chi connectivity index (χ2v) is 5.55. The largest absolute Gasteiger partial charge is 0.330 e. The SMILES string of the molecule is CN1CC(CN)CC1c1cc(F)c2c(c1)CC(=O)N2. The minimum absolute atomic E-state index is 0.134. The summed E-state index contributed by atoms with van der Waals surface area (Å²) in [5.41, 5.74) is 7.79. The van der Waals surface area contributed by atoms with Crippen LogP contribution in [0.5, 0.6) is 0 Å². The van der Waals surface area contributed by atoms with Crippen molar-refractivity contribution in [2.24, 2.45) is 11.7 Å². The van der Waals surface area contributed by atoms with Crippen LogP contribution in [0.15, 0.2) is 12.1 Å². The molecule has 2 heterocycles. The number of fused-ring (bicyclic) bond motifs is 1. The molecule has 3 N–H and O–H groups in total. The van der Waals surface area contributed by atoms with Crippen LogP contribution in [0.4, 0.5) is 10.1 Å². The first-order valence-corrected chi connectivity index (χ1v) is 6.61. The molecule has 1 saturated heterocycles. The van der Waals surface area contributed by atoms with Crippen LogP contribution in [-0.2, 0) is 11.2 Å². The smallest absolute Gasteiger partial charge is 0.228 e. The number of anilines is 1. The van der Waals surface area contributed by atoms with Crippen molar-refractivity contribution in [2.75, 3.05) is 25.5 Å². The number of likely N-dealkylation sites (tertiary alicyclic amines) is 1. The van der Waals surface area contributed by atoms with Crippen LogP contribution in [0.25, 0.3) is 0 Å². The fourth-order valence-corrected chi connectivity index (χ4v) is 3.18. The summed E-state index contributed by atoms with van der Waals surface area (Å²) in [4.78, 5) is 13.6. The molecule has 3 rings (SSSR count). The molecule has 4 nitrogen and oxygen atoms in total. The molecular weight excluding hydrogens is 245 g/mol. The number of carbonyl (C=O) groups is 1. The molecule has 1 aromatic rings. The van der Waals surface area contributed by atoms with Crippen molar-refractivity contribution in [3.05, 3.63) is 29.1 Å². The Morgan fingerprint density at radius 3 is 3.00 bits per heavy atom. The molecule has 102 valence electrons. The highest BCUT2D eigenvalue weighted by molar-refractivity contribution is 5.99. The third kappa shape index (κ3) is 2.13. The van der Waals surface area contributed by atoms with Gasteiger partial charge in [0.25, 0.3) is 0 Å². The van der Waals surface area contributed by atoms with Crippen LogP contribution in [0, 0.1) is 11.7 Å². The molecule has 0 radical (unpaired) electrons. The van der Waals surface area contributed by atoms with Crippen molar-refractivity contribution in [1.82, 2.24) is 4.90 Å². The van der Waals surface area contributed by atoms with E-state index in [1.165, 1.54) is 0 Å². The predicted octanol–water partition coefficient (Wildman–Crippen LogP) is 1.27. The lowest BCUT2D eigenvalue weighted by Gasteiger charge is -2.20. The number of amides is 1. The van der Waals surface area contributed by atoms with E-state index in [9.17, 15) is 9.18 Å². The number of hydrogen-bond acceptors (Lipinski definition) is 3. The number of nitrogens with one attached hydrogen (secondary N) is 1. The molecule has 2 atom stereocenters. The maximum absolute atomic E-state index is 14.0. The lowest BCUT2D eigenvalue weighted by atomic mass is 9.97. The summed E-state index contributed by atoms with van der Waals surface area (Å²) in [6.07, 6.45) is 1.23. The van der Waals surface area contributed by atoms with Gasteiger partial charge in [-0.15, -0.1) is 0 Å². The van der Waals surface area contributed by atoms with E-state index < -0.39 is 0 Å². The Morgan fingerprint density at radius 1 is 1.53 bits per heavy atom. The minimum Gasteiger partial charge on any atom is -0.330 e. The van der Waals surface area contributed by atoms with Gasteiger partial charge in [0, 0.05) is 12.6 Å². The van der Waals surface area contributed by atoms with Crippen molar-refractivity contribution >= 4 is 11.6 Å². The molecule has 1 aromatic carbocycles. The fourth-order valence-electron chi connectivity index (χ4n) is 3.18. The van der Waals surface area contributed by atoms with E-state index in [0.29, 0.717) is 18.2 Å². The Hall–Kier alpha value is -1.46. The first-order valence-electron chi connectivity index (χ1n) is 6.61. The van der Waals surface area contributed by atoms with Crippen molar-refractivity contribution in [3.63, 3.8) is 0 Å². The van der Waals surface area contributed by atoms with Gasteiger partial charge in [-0.2, -0.15) is 0 Å². The molecule has 1 fully saturated rings. The summed E-state index contributed by atoms with van der Waals surface area (Å²) in [6.45, 7) is 1.60. The molecule has 0 bridgehead atoms. The van der Waals surface area contributed by atoms with E-state index >= 15 is 0 Å². The van der Waals surface area contributed by atoms with Gasteiger partial charge in [0.15, 0.2) is 0 Å². The number of benzene rings is 1. The molecule has 2 unspecified atom stereocenters. The maximum atomic E-state index is 14.0. The van der Waals surface area contributed by atoms with E-state index in [0.717, 1.165) is 24.1 Å². The number of nitrogens with two attached hydrogens (primary N) is 1. The molecule has 2 aliphatic heterocycles. The summed E-state index contributed by atoms with van der Waals surface area (Å²) < 4.78 is 14.0. The minimum atomic E-state index is -0.331. The quantitative estimate of drug-likeness (QED) is 0.845. The van der Waals surface area contributed by atoms with Crippen LogP contribution >= 0.6 is 0 Å². The monoisotopic (exact) mass is 263 g/mol. The van der Waals surface area contributed by atoms with E-state index in [-0.39, 0.29) is 24.2 Å². The molecule has 0 aromatic heterocycles. The van der Waals surface area contributed by atoms with Gasteiger partial charge < -0.3 is 11.1 Å². The molecule has 2 aliphatic rings. The van der Waals surface area contributed by atoms with E-state index in [4.69, 9.17) is 5.73 Å². The zero-order valence-corrected chi connectivity index (χ0v) is 10.9. The summed E-state index contributed by atoms with van der Waals surface area (Å²) in [7, 11) is 2.04. The third-order valence-corrected chi connectivity index (χ3v) is 4.16. The number of nitrogens with zero attached hydrogens (tertiary/aromatic N) is 1. The molecule has 5 heteroatoms. The van der Waals surface area contributed by atoms with Gasteiger partial charge in [-0.3, -0.25) is 9.69 Å². The zero-order chi connectivity index (χ0) is 13.6.